The third-order valence-corrected chi connectivity index (χ3v) is 4.06. The van der Waals surface area contributed by atoms with Gasteiger partial charge in [-0.15, -0.1) is 0 Å². The Kier molecular flexibility index (Phi) is 6.48. The van der Waals surface area contributed by atoms with Gasteiger partial charge in [-0.05, 0) is 18.9 Å². The number of rotatable bonds is 6. The van der Waals surface area contributed by atoms with E-state index in [1.54, 1.807) is 4.90 Å². The van der Waals surface area contributed by atoms with Gasteiger partial charge in [0.25, 0.3) is 11.5 Å². The van der Waals surface area contributed by atoms with Crippen LogP contribution in [0.15, 0.2) is 16.9 Å². The highest BCUT2D eigenvalue weighted by Gasteiger charge is 2.22. The van der Waals surface area contributed by atoms with Crippen molar-refractivity contribution in [1.29, 1.82) is 0 Å². The molecular formula is C16H25N5O3. The second-order valence-corrected chi connectivity index (χ2v) is 6.02. The number of carbonyl (C=O) groups excluding carboxylic acids is 2. The molecule has 0 atom stereocenters. The van der Waals surface area contributed by atoms with Crippen LogP contribution in [0, 0.1) is 0 Å². The Bertz CT molecular complexity index is 643. The number of amides is 2. The smallest absolute Gasteiger partial charge is 0.274 e. The van der Waals surface area contributed by atoms with Gasteiger partial charge in [0.1, 0.15) is 5.69 Å². The van der Waals surface area contributed by atoms with Crippen LogP contribution in [0.5, 0.6) is 0 Å². The van der Waals surface area contributed by atoms with E-state index in [1.807, 2.05) is 11.8 Å². The molecule has 2 amide bonds. The van der Waals surface area contributed by atoms with E-state index in [4.69, 9.17) is 5.73 Å². The minimum absolute atomic E-state index is 0.179. The molecule has 1 fully saturated rings. The van der Waals surface area contributed by atoms with Crippen molar-refractivity contribution < 1.29 is 9.59 Å². The first-order chi connectivity index (χ1) is 11.5. The fourth-order valence-corrected chi connectivity index (χ4v) is 2.75. The van der Waals surface area contributed by atoms with E-state index in [1.165, 1.54) is 16.8 Å². The fourth-order valence-electron chi connectivity index (χ4n) is 2.75. The molecular weight excluding hydrogens is 310 g/mol. The Morgan fingerprint density at radius 2 is 2.00 bits per heavy atom. The van der Waals surface area contributed by atoms with Crippen molar-refractivity contribution in [3.05, 3.63) is 28.2 Å². The molecule has 0 bridgehead atoms. The fraction of sp³-hybridized carbons (Fsp3) is 0.625. The monoisotopic (exact) mass is 335 g/mol. The lowest BCUT2D eigenvalue weighted by molar-refractivity contribution is -0.119. The molecule has 0 saturated carbocycles. The number of primary amides is 1. The number of unbranched alkanes of at least 4 members (excludes halogenated alkanes) is 1. The Labute approximate surface area is 141 Å². The Balaban J connectivity index is 2.05. The van der Waals surface area contributed by atoms with Crippen LogP contribution in [0.3, 0.4) is 0 Å². The largest absolute Gasteiger partial charge is 0.369 e. The second kappa shape index (κ2) is 8.58. The summed E-state index contributed by atoms with van der Waals surface area (Å²) in [6.45, 7) is 5.21. The van der Waals surface area contributed by atoms with E-state index in [0.29, 0.717) is 26.2 Å². The van der Waals surface area contributed by atoms with E-state index < -0.39 is 0 Å². The number of aryl methyl sites for hydroxylation is 1. The molecule has 24 heavy (non-hydrogen) atoms. The maximum Gasteiger partial charge on any atom is 0.274 e. The molecule has 8 heteroatoms. The van der Waals surface area contributed by atoms with Crippen LogP contribution in [0.4, 0.5) is 0 Å². The summed E-state index contributed by atoms with van der Waals surface area (Å²) in [4.78, 5) is 39.2. The van der Waals surface area contributed by atoms with Crippen molar-refractivity contribution in [2.24, 2.45) is 5.73 Å². The molecule has 1 aliphatic rings. The molecule has 2 rings (SSSR count). The molecule has 0 spiro atoms. The van der Waals surface area contributed by atoms with Crippen molar-refractivity contribution >= 4 is 11.8 Å². The number of nitrogens with two attached hydrogens (primary N) is 1. The molecule has 0 radical (unpaired) electrons. The Morgan fingerprint density at radius 1 is 1.21 bits per heavy atom. The van der Waals surface area contributed by atoms with Crippen molar-refractivity contribution in [3.8, 4) is 0 Å². The highest BCUT2D eigenvalue weighted by atomic mass is 16.2. The summed E-state index contributed by atoms with van der Waals surface area (Å²) in [6.07, 6.45) is 2.57. The Morgan fingerprint density at radius 3 is 2.71 bits per heavy atom. The lowest BCUT2D eigenvalue weighted by Crippen LogP contribution is -2.39. The predicted octanol–water partition coefficient (Wildman–Crippen LogP) is -0.323. The summed E-state index contributed by atoms with van der Waals surface area (Å²) in [5.41, 5.74) is 5.32. The van der Waals surface area contributed by atoms with E-state index in [2.05, 4.69) is 5.10 Å². The number of nitrogens with zero attached hydrogens (tertiary/aromatic N) is 4. The summed E-state index contributed by atoms with van der Waals surface area (Å²) in [5, 5.41) is 4.21. The highest BCUT2D eigenvalue weighted by Crippen LogP contribution is 2.07. The van der Waals surface area contributed by atoms with Gasteiger partial charge in [-0.2, -0.15) is 5.10 Å². The molecule has 2 N–H and O–H groups in total. The minimum atomic E-state index is -0.362. The van der Waals surface area contributed by atoms with E-state index in [9.17, 15) is 14.4 Å². The van der Waals surface area contributed by atoms with Gasteiger partial charge in [0.15, 0.2) is 0 Å². The number of hydrogen-bond acceptors (Lipinski definition) is 5. The van der Waals surface area contributed by atoms with Crippen LogP contribution in [-0.2, 0) is 11.3 Å². The SMILES string of the molecule is CCCCn1nc(C(=O)N2CCCN(CC(N)=O)CC2)ccc1=O. The molecule has 0 aromatic carbocycles. The van der Waals surface area contributed by atoms with Crippen molar-refractivity contribution in [3.63, 3.8) is 0 Å². The normalized spacial score (nSPS) is 16.0. The van der Waals surface area contributed by atoms with Gasteiger partial charge in [0, 0.05) is 38.8 Å². The summed E-state index contributed by atoms with van der Waals surface area (Å²) < 4.78 is 1.36. The lowest BCUT2D eigenvalue weighted by atomic mass is 10.3. The van der Waals surface area contributed by atoms with Crippen molar-refractivity contribution in [2.75, 3.05) is 32.7 Å². The van der Waals surface area contributed by atoms with Crippen LogP contribution in [0.2, 0.25) is 0 Å². The van der Waals surface area contributed by atoms with Gasteiger partial charge in [-0.25, -0.2) is 4.68 Å². The van der Waals surface area contributed by atoms with Crippen LogP contribution in [-0.4, -0.2) is 64.1 Å². The summed E-state index contributed by atoms with van der Waals surface area (Å²) in [7, 11) is 0. The minimum Gasteiger partial charge on any atom is -0.369 e. The molecule has 0 unspecified atom stereocenters. The maximum absolute atomic E-state index is 12.7. The third kappa shape index (κ3) is 4.89. The molecule has 2 heterocycles. The van der Waals surface area contributed by atoms with E-state index in [-0.39, 0.29) is 29.6 Å². The van der Waals surface area contributed by atoms with Crippen LogP contribution in [0.1, 0.15) is 36.7 Å². The molecule has 132 valence electrons. The van der Waals surface area contributed by atoms with Crippen molar-refractivity contribution in [2.45, 2.75) is 32.7 Å². The van der Waals surface area contributed by atoms with E-state index >= 15 is 0 Å². The third-order valence-electron chi connectivity index (χ3n) is 4.06. The first-order valence-corrected chi connectivity index (χ1v) is 8.39. The standard InChI is InChI=1S/C16H25N5O3/c1-2-3-9-21-15(23)6-5-13(18-21)16(24)20-8-4-7-19(10-11-20)12-14(17)22/h5-6H,2-4,7-12H2,1H3,(H2,17,22). The second-order valence-electron chi connectivity index (χ2n) is 6.02. The first kappa shape index (κ1) is 18.1. The number of aromatic nitrogens is 2. The molecule has 1 saturated heterocycles. The zero-order valence-corrected chi connectivity index (χ0v) is 14.1. The van der Waals surface area contributed by atoms with Gasteiger partial charge in [-0.3, -0.25) is 19.3 Å². The topological polar surface area (TPSA) is 102 Å². The molecule has 1 aromatic rings. The molecule has 1 aromatic heterocycles. The molecule has 0 aliphatic carbocycles. The summed E-state index contributed by atoms with van der Waals surface area (Å²) in [6, 6.07) is 2.88. The Hall–Kier alpha value is -2.22. The quantitative estimate of drug-likeness (QED) is 0.767. The average Bonchev–Trinajstić information content (AvgIpc) is 2.78. The zero-order chi connectivity index (χ0) is 17.5. The van der Waals surface area contributed by atoms with Crippen LogP contribution >= 0.6 is 0 Å². The van der Waals surface area contributed by atoms with Gasteiger partial charge < -0.3 is 10.6 Å². The van der Waals surface area contributed by atoms with Gasteiger partial charge >= 0.3 is 0 Å². The first-order valence-electron chi connectivity index (χ1n) is 8.39. The summed E-state index contributed by atoms with van der Waals surface area (Å²) in [5.74, 6) is -0.541. The van der Waals surface area contributed by atoms with Gasteiger partial charge in [0.2, 0.25) is 5.91 Å². The molecule has 8 nitrogen and oxygen atoms in total. The number of hydrogen-bond donors (Lipinski definition) is 1. The molecule has 1 aliphatic heterocycles. The van der Waals surface area contributed by atoms with Crippen molar-refractivity contribution in [1.82, 2.24) is 19.6 Å². The van der Waals surface area contributed by atoms with Gasteiger partial charge in [-0.1, -0.05) is 13.3 Å². The maximum atomic E-state index is 12.7. The zero-order valence-electron chi connectivity index (χ0n) is 14.1. The predicted molar refractivity (Wildman–Crippen MR) is 89.6 cm³/mol. The van der Waals surface area contributed by atoms with Gasteiger partial charge in [0.05, 0.1) is 6.54 Å². The highest BCUT2D eigenvalue weighted by molar-refractivity contribution is 5.92. The van der Waals surface area contributed by atoms with E-state index in [0.717, 1.165) is 25.8 Å². The van der Waals surface area contributed by atoms with Crippen LogP contribution < -0.4 is 11.3 Å². The summed E-state index contributed by atoms with van der Waals surface area (Å²) >= 11 is 0. The number of carbonyl (C=O) groups is 2. The van der Waals surface area contributed by atoms with Crippen LogP contribution in [0.25, 0.3) is 0 Å². The average molecular weight is 335 g/mol. The lowest BCUT2D eigenvalue weighted by Gasteiger charge is -2.21.